The van der Waals surface area contributed by atoms with Crippen LogP contribution in [0.3, 0.4) is 0 Å². The smallest absolute Gasteiger partial charge is 0.160 e. The third-order valence-corrected chi connectivity index (χ3v) is 6.84. The molecule has 0 saturated carbocycles. The normalized spacial score (nSPS) is 12.4. The average Bonchev–Trinajstić information content (AvgIpc) is 3.22. The number of aliphatic imine (C=N–C) groups is 2. The molecule has 4 aromatic carbocycles. The third-order valence-electron chi connectivity index (χ3n) is 5.70. The van der Waals surface area contributed by atoms with Crippen LogP contribution in [0.25, 0.3) is 25.9 Å². The number of amidine groups is 1. The number of rotatable bonds is 4. The molecule has 0 unspecified atom stereocenters. The second-order valence-electron chi connectivity index (χ2n) is 8.09. The van der Waals surface area contributed by atoms with E-state index in [0.29, 0.717) is 11.5 Å². The summed E-state index contributed by atoms with van der Waals surface area (Å²) in [5, 5.41) is 2.47. The van der Waals surface area contributed by atoms with Crippen molar-refractivity contribution in [1.29, 1.82) is 0 Å². The summed E-state index contributed by atoms with van der Waals surface area (Å²) in [5.41, 5.74) is 5.97. The Morgan fingerprint density at radius 2 is 1.42 bits per heavy atom. The number of thiophene rings is 1. The number of hydrogen-bond donors (Lipinski definition) is 0. The van der Waals surface area contributed by atoms with E-state index in [9.17, 15) is 0 Å². The summed E-state index contributed by atoms with van der Waals surface area (Å²) in [7, 11) is 0. The maximum atomic E-state index is 4.98. The highest BCUT2D eigenvalue weighted by Crippen LogP contribution is 2.38. The molecule has 0 bridgehead atoms. The molecule has 0 aliphatic carbocycles. The first-order valence-electron chi connectivity index (χ1n) is 11.0. The van der Waals surface area contributed by atoms with Crippen LogP contribution in [0.5, 0.6) is 0 Å². The van der Waals surface area contributed by atoms with Gasteiger partial charge in [0.05, 0.1) is 5.70 Å². The molecule has 3 heteroatoms. The second kappa shape index (κ2) is 8.97. The van der Waals surface area contributed by atoms with Gasteiger partial charge in [0.15, 0.2) is 5.84 Å². The summed E-state index contributed by atoms with van der Waals surface area (Å²) in [6.07, 6.45) is 0. The zero-order valence-electron chi connectivity index (χ0n) is 18.7. The maximum Gasteiger partial charge on any atom is 0.160 e. The van der Waals surface area contributed by atoms with Crippen LogP contribution < -0.4 is 0 Å². The van der Waals surface area contributed by atoms with Gasteiger partial charge in [0, 0.05) is 37.0 Å². The van der Waals surface area contributed by atoms with Crippen molar-refractivity contribution >= 4 is 48.8 Å². The molecule has 0 atom stereocenters. The first kappa shape index (κ1) is 21.0. The molecule has 0 saturated heterocycles. The molecule has 1 heterocycles. The highest BCUT2D eigenvalue weighted by Gasteiger charge is 2.13. The Bertz CT molecular complexity index is 1520. The van der Waals surface area contributed by atoms with Crippen molar-refractivity contribution < 1.29 is 0 Å². The lowest BCUT2D eigenvalue weighted by Gasteiger charge is -2.08. The minimum atomic E-state index is 0.662. The largest absolute Gasteiger partial charge is 0.233 e. The van der Waals surface area contributed by atoms with Crippen LogP contribution in [0, 0.1) is 6.92 Å². The lowest BCUT2D eigenvalue weighted by Crippen LogP contribution is -2.04. The van der Waals surface area contributed by atoms with Crippen LogP contribution in [0.2, 0.25) is 0 Å². The molecule has 160 valence electrons. The van der Waals surface area contributed by atoms with E-state index in [1.165, 1.54) is 25.7 Å². The Morgan fingerprint density at radius 3 is 2.15 bits per heavy atom. The summed E-state index contributed by atoms with van der Waals surface area (Å²) < 4.78 is 2.52. The number of aryl methyl sites for hydroxylation is 1. The van der Waals surface area contributed by atoms with Crippen LogP contribution in [0.15, 0.2) is 114 Å². The molecule has 0 amide bonds. The number of benzene rings is 4. The minimum absolute atomic E-state index is 0.662. The van der Waals surface area contributed by atoms with Gasteiger partial charge in [-0.15, -0.1) is 11.3 Å². The monoisotopic (exact) mass is 444 g/mol. The molecule has 0 spiro atoms. The molecule has 0 radical (unpaired) electrons. The molecule has 5 rings (SSSR count). The van der Waals surface area contributed by atoms with E-state index < -0.39 is 0 Å². The van der Waals surface area contributed by atoms with Gasteiger partial charge in [-0.3, -0.25) is 0 Å². The fourth-order valence-electron chi connectivity index (χ4n) is 4.01. The zero-order valence-corrected chi connectivity index (χ0v) is 19.6. The number of hydrogen-bond acceptors (Lipinski definition) is 2. The number of nitrogens with zero attached hydrogens (tertiary/aromatic N) is 2. The second-order valence-corrected chi connectivity index (χ2v) is 9.18. The van der Waals surface area contributed by atoms with Crippen molar-refractivity contribution in [2.45, 2.75) is 13.8 Å². The molecule has 33 heavy (non-hydrogen) atoms. The van der Waals surface area contributed by atoms with Crippen molar-refractivity contribution in [3.63, 3.8) is 0 Å². The van der Waals surface area contributed by atoms with Gasteiger partial charge in [-0.2, -0.15) is 0 Å². The SMILES string of the molecule is C=C(N=C(N=C(C)c1ccccc1)c1ccccc1)c1cccc2sc3ccc(C)cc3c12. The van der Waals surface area contributed by atoms with E-state index in [0.717, 1.165) is 22.4 Å². The summed E-state index contributed by atoms with van der Waals surface area (Å²) in [4.78, 5) is 9.92. The van der Waals surface area contributed by atoms with Crippen molar-refractivity contribution in [2.24, 2.45) is 9.98 Å². The zero-order chi connectivity index (χ0) is 22.8. The fraction of sp³-hybridized carbons (Fsp3) is 0.0667. The van der Waals surface area contributed by atoms with Crippen LogP contribution in [0.1, 0.15) is 29.2 Å². The van der Waals surface area contributed by atoms with Crippen LogP contribution in [0.4, 0.5) is 0 Å². The lowest BCUT2D eigenvalue weighted by molar-refractivity contribution is 1.45. The van der Waals surface area contributed by atoms with Gasteiger partial charge in [0.1, 0.15) is 0 Å². The minimum Gasteiger partial charge on any atom is -0.233 e. The third kappa shape index (κ3) is 4.28. The van der Waals surface area contributed by atoms with Gasteiger partial charge in [-0.05, 0) is 37.6 Å². The van der Waals surface area contributed by atoms with Crippen molar-refractivity contribution in [2.75, 3.05) is 0 Å². The predicted octanol–water partition coefficient (Wildman–Crippen LogP) is 8.29. The first-order valence-corrected chi connectivity index (χ1v) is 11.8. The highest BCUT2D eigenvalue weighted by molar-refractivity contribution is 7.25. The van der Waals surface area contributed by atoms with Crippen LogP contribution >= 0.6 is 11.3 Å². The first-order chi connectivity index (χ1) is 16.1. The van der Waals surface area contributed by atoms with Gasteiger partial charge in [-0.25, -0.2) is 9.98 Å². The lowest BCUT2D eigenvalue weighted by atomic mass is 10.0. The molecule has 5 aromatic rings. The van der Waals surface area contributed by atoms with E-state index >= 15 is 0 Å². The summed E-state index contributed by atoms with van der Waals surface area (Å²) in [6, 6.07) is 33.3. The predicted molar refractivity (Wildman–Crippen MR) is 145 cm³/mol. The van der Waals surface area contributed by atoms with Gasteiger partial charge in [-0.1, -0.05) is 91.0 Å². The summed E-state index contributed by atoms with van der Waals surface area (Å²) in [6.45, 7) is 8.53. The Kier molecular flexibility index (Phi) is 5.72. The van der Waals surface area contributed by atoms with Gasteiger partial charge in [0.25, 0.3) is 0 Å². The standard InChI is InChI=1S/C30H24N2S/c1-20-17-18-27-26(19-20)29-25(15-10-16-28(29)33-27)22(3)32-30(24-13-8-5-9-14-24)31-21(2)23-11-6-4-7-12-23/h4-19H,3H2,1-2H3. The summed E-state index contributed by atoms with van der Waals surface area (Å²) in [5.74, 6) is 0.662. The molecule has 0 aliphatic heterocycles. The molecule has 0 fully saturated rings. The highest BCUT2D eigenvalue weighted by atomic mass is 32.1. The van der Waals surface area contributed by atoms with E-state index in [1.807, 2.05) is 66.8 Å². The van der Waals surface area contributed by atoms with Crippen molar-refractivity contribution in [3.05, 3.63) is 126 Å². The molecule has 2 nitrogen and oxygen atoms in total. The van der Waals surface area contributed by atoms with E-state index in [4.69, 9.17) is 9.98 Å². The van der Waals surface area contributed by atoms with Gasteiger partial charge < -0.3 is 0 Å². The quantitative estimate of drug-likeness (QED) is 0.197. The topological polar surface area (TPSA) is 24.7 Å². The van der Waals surface area contributed by atoms with E-state index in [2.05, 4.69) is 62.0 Å². The Labute approximate surface area is 198 Å². The van der Waals surface area contributed by atoms with E-state index in [-0.39, 0.29) is 0 Å². The fourth-order valence-corrected chi connectivity index (χ4v) is 5.13. The molecular weight excluding hydrogens is 420 g/mol. The summed E-state index contributed by atoms with van der Waals surface area (Å²) >= 11 is 1.81. The maximum absolute atomic E-state index is 4.98. The molecule has 0 aliphatic rings. The molecular formula is C30H24N2S. The Morgan fingerprint density at radius 1 is 0.727 bits per heavy atom. The van der Waals surface area contributed by atoms with Crippen LogP contribution in [-0.4, -0.2) is 11.5 Å². The Hall–Kier alpha value is -3.82. The van der Waals surface area contributed by atoms with Gasteiger partial charge >= 0.3 is 0 Å². The molecule has 1 aromatic heterocycles. The van der Waals surface area contributed by atoms with Crippen molar-refractivity contribution in [3.8, 4) is 0 Å². The molecule has 0 N–H and O–H groups in total. The van der Waals surface area contributed by atoms with Gasteiger partial charge in [0.2, 0.25) is 0 Å². The van der Waals surface area contributed by atoms with Crippen molar-refractivity contribution in [1.82, 2.24) is 0 Å². The van der Waals surface area contributed by atoms with E-state index in [1.54, 1.807) is 0 Å². The average molecular weight is 445 g/mol. The number of fused-ring (bicyclic) bond motifs is 3. The van der Waals surface area contributed by atoms with Crippen LogP contribution in [-0.2, 0) is 0 Å². The Balaban J connectivity index is 1.66.